The standard InChI is InChI=1S/C72H64N4O/c1-70(2,3)49-35-36-73-67(42-49)76-64-32-18-17-29-60(64)61-34-33-54(44-65(61)76)77-53-24-19-23-52(43-53)74-45-75-68-55(48-37-47(46-21-11-10-12-22-46)38-50(39-48)71(4,5)6)30-20-31-62(68)58-27-15-13-25-56(58)57-26-14-16-28-59(57)63-40-51(72(7,8)9)41-66(74)69(63)75/h10-44H,45H2,1-9H3/i10D,11D,12D,21D,22D. The van der Waals surface area contributed by atoms with Gasteiger partial charge in [0.05, 0.1) is 34.6 Å². The Hall–Kier alpha value is -8.67. The Morgan fingerprint density at radius 2 is 1.04 bits per heavy atom. The Bertz CT molecular complexity index is 4690. The monoisotopic (exact) mass is 1010 g/mol. The summed E-state index contributed by atoms with van der Waals surface area (Å²) in [4.78, 5) is 7.34. The molecule has 0 unspecified atom stereocenters. The predicted molar refractivity (Wildman–Crippen MR) is 326 cm³/mol. The Morgan fingerprint density at radius 1 is 0.442 bits per heavy atom. The van der Waals surface area contributed by atoms with Gasteiger partial charge in [-0.1, -0.05) is 196 Å². The van der Waals surface area contributed by atoms with E-state index in [4.69, 9.17) is 16.6 Å². The smallest absolute Gasteiger partial charge is 0.137 e. The maximum atomic E-state index is 9.16. The number of rotatable bonds is 6. The molecular weight excluding hydrogens is 937 g/mol. The van der Waals surface area contributed by atoms with Crippen LogP contribution in [-0.2, 0) is 22.9 Å². The normalized spacial score (nSPS) is 13.8. The molecule has 9 aromatic carbocycles. The summed E-state index contributed by atoms with van der Waals surface area (Å²) < 4.78 is 55.9. The van der Waals surface area contributed by atoms with Gasteiger partial charge in [0.1, 0.15) is 24.0 Å². The van der Waals surface area contributed by atoms with Gasteiger partial charge >= 0.3 is 0 Å². The highest BCUT2D eigenvalue weighted by molar-refractivity contribution is 6.22. The van der Waals surface area contributed by atoms with E-state index in [0.29, 0.717) is 23.7 Å². The van der Waals surface area contributed by atoms with Crippen LogP contribution in [0.1, 0.15) is 85.9 Å². The van der Waals surface area contributed by atoms with E-state index in [-0.39, 0.29) is 46.0 Å². The first-order chi connectivity index (χ1) is 39.1. The van der Waals surface area contributed by atoms with Crippen molar-refractivity contribution in [3.63, 3.8) is 0 Å². The molecule has 0 radical (unpaired) electrons. The minimum Gasteiger partial charge on any atom is -0.457 e. The van der Waals surface area contributed by atoms with Crippen LogP contribution >= 0.6 is 0 Å². The lowest BCUT2D eigenvalue weighted by Gasteiger charge is -2.24. The van der Waals surface area contributed by atoms with Crippen molar-refractivity contribution < 1.29 is 11.6 Å². The number of aromatic nitrogens is 3. The molecule has 13 rings (SSSR count). The number of fused-ring (bicyclic) bond motifs is 10. The molecule has 3 aromatic heterocycles. The van der Waals surface area contributed by atoms with E-state index in [1.165, 1.54) is 11.1 Å². The molecular formula is C72H64N4O. The van der Waals surface area contributed by atoms with Gasteiger partial charge in [-0.3, -0.25) is 4.57 Å². The highest BCUT2D eigenvalue weighted by atomic mass is 16.5. The minimum absolute atomic E-state index is 0.0575. The van der Waals surface area contributed by atoms with Gasteiger partial charge in [0.15, 0.2) is 0 Å². The van der Waals surface area contributed by atoms with Gasteiger partial charge in [-0.25, -0.2) is 4.98 Å². The summed E-state index contributed by atoms with van der Waals surface area (Å²) in [5, 5.41) is 8.87. The first-order valence-electron chi connectivity index (χ1n) is 29.2. The molecule has 1 aliphatic rings. The largest absolute Gasteiger partial charge is 0.457 e. The van der Waals surface area contributed by atoms with Crippen LogP contribution in [-0.4, -0.2) is 14.1 Å². The molecule has 4 heterocycles. The first-order valence-corrected chi connectivity index (χ1v) is 26.7. The molecule has 0 saturated carbocycles. The molecule has 5 heteroatoms. The minimum atomic E-state index is -0.414. The number of benzene rings is 9. The van der Waals surface area contributed by atoms with E-state index < -0.39 is 6.04 Å². The highest BCUT2D eigenvalue weighted by Crippen LogP contribution is 2.48. The lowest BCUT2D eigenvalue weighted by molar-refractivity contribution is 0.483. The van der Waals surface area contributed by atoms with Gasteiger partial charge in [0.25, 0.3) is 0 Å². The summed E-state index contributed by atoms with van der Waals surface area (Å²) in [6.45, 7) is 20.4. The Labute approximate surface area is 459 Å². The lowest BCUT2D eigenvalue weighted by Crippen LogP contribution is -2.16. The maximum absolute atomic E-state index is 9.16. The molecule has 77 heavy (non-hydrogen) atoms. The Morgan fingerprint density at radius 3 is 1.75 bits per heavy atom. The molecule has 1 aliphatic heterocycles. The van der Waals surface area contributed by atoms with Crippen molar-refractivity contribution in [1.29, 1.82) is 0 Å². The van der Waals surface area contributed by atoms with E-state index in [1.54, 1.807) is 0 Å². The van der Waals surface area contributed by atoms with Crippen molar-refractivity contribution in [2.75, 3.05) is 4.90 Å². The fourth-order valence-electron chi connectivity index (χ4n) is 11.5. The zero-order chi connectivity index (χ0) is 57.3. The van der Waals surface area contributed by atoms with Crippen molar-refractivity contribution in [3.05, 3.63) is 229 Å². The Balaban J connectivity index is 1.06. The second-order valence-corrected chi connectivity index (χ2v) is 23.8. The molecule has 0 N–H and O–H groups in total. The van der Waals surface area contributed by atoms with Crippen molar-refractivity contribution in [2.45, 2.75) is 85.2 Å². The number of ether oxygens (including phenoxy) is 1. The number of anilines is 2. The van der Waals surface area contributed by atoms with Crippen molar-refractivity contribution >= 4 is 76.5 Å². The highest BCUT2D eigenvalue weighted by Gasteiger charge is 2.29. The molecule has 0 aliphatic carbocycles. The third-order valence-electron chi connectivity index (χ3n) is 15.6. The van der Waals surface area contributed by atoms with Gasteiger partial charge < -0.3 is 14.2 Å². The zero-order valence-electron chi connectivity index (χ0n) is 50.2. The van der Waals surface area contributed by atoms with Gasteiger partial charge in [0.2, 0.25) is 0 Å². The SMILES string of the molecule is [2H]c1c([2H])c([2H])c(-c2cc(-c3cccc4c5ccccc5c5ccccc5c5cc(C(C)(C)C)cc6c5n(c34)CN6c3cccc(Oc4ccc5c6ccccc6n(-c6cc(C(C)(C)C)ccn6)c5c4)c3)cc(C(C)(C)C)c2)c([2H])c1[2H]. The van der Waals surface area contributed by atoms with Crippen LogP contribution in [0.15, 0.2) is 212 Å². The molecule has 0 spiro atoms. The van der Waals surface area contributed by atoms with E-state index >= 15 is 0 Å². The van der Waals surface area contributed by atoms with Gasteiger partial charge in [0, 0.05) is 51.1 Å². The second-order valence-electron chi connectivity index (χ2n) is 23.8. The van der Waals surface area contributed by atoms with Crippen LogP contribution < -0.4 is 9.64 Å². The van der Waals surface area contributed by atoms with Crippen molar-refractivity contribution in [1.82, 2.24) is 14.1 Å². The summed E-state index contributed by atoms with van der Waals surface area (Å²) >= 11 is 0. The van der Waals surface area contributed by atoms with E-state index in [2.05, 4.69) is 234 Å². The third-order valence-corrected chi connectivity index (χ3v) is 15.6. The van der Waals surface area contributed by atoms with Crippen molar-refractivity contribution in [3.8, 4) is 39.6 Å². The molecule has 378 valence electrons. The molecule has 0 saturated heterocycles. The second kappa shape index (κ2) is 18.0. The number of hydrogen-bond acceptors (Lipinski definition) is 3. The van der Waals surface area contributed by atoms with Gasteiger partial charge in [-0.05, 0) is 132 Å². The van der Waals surface area contributed by atoms with Crippen LogP contribution in [0.5, 0.6) is 11.5 Å². The molecule has 5 nitrogen and oxygen atoms in total. The van der Waals surface area contributed by atoms with Crippen LogP contribution in [0.4, 0.5) is 11.4 Å². The summed E-state index contributed by atoms with van der Waals surface area (Å²) in [6.07, 6.45) is 1.91. The number of nitrogens with zero attached hydrogens (tertiary/aromatic N) is 4. The van der Waals surface area contributed by atoms with E-state index in [0.717, 1.165) is 99.0 Å². The summed E-state index contributed by atoms with van der Waals surface area (Å²) in [5.74, 6) is 2.26. The average Bonchev–Trinajstić information content (AvgIpc) is 4.21. The van der Waals surface area contributed by atoms with E-state index in [9.17, 15) is 0 Å². The summed E-state index contributed by atoms with van der Waals surface area (Å²) in [6, 6.07) is 60.9. The fraction of sp³-hybridized carbons (Fsp3) is 0.181. The van der Waals surface area contributed by atoms with E-state index in [1.807, 2.05) is 24.4 Å². The average molecular weight is 1010 g/mol. The predicted octanol–water partition coefficient (Wildman–Crippen LogP) is 19.8. The quantitative estimate of drug-likeness (QED) is 0.166. The molecule has 0 bridgehead atoms. The van der Waals surface area contributed by atoms with Crippen LogP contribution in [0, 0.1) is 0 Å². The van der Waals surface area contributed by atoms with Gasteiger partial charge in [-0.2, -0.15) is 0 Å². The first kappa shape index (κ1) is 42.5. The van der Waals surface area contributed by atoms with Crippen LogP contribution in [0.2, 0.25) is 0 Å². The van der Waals surface area contributed by atoms with Crippen LogP contribution in [0.3, 0.4) is 0 Å². The Kier molecular flexibility index (Phi) is 9.94. The number of para-hydroxylation sites is 2. The van der Waals surface area contributed by atoms with Gasteiger partial charge in [-0.15, -0.1) is 0 Å². The maximum Gasteiger partial charge on any atom is 0.137 e. The number of pyridine rings is 1. The summed E-state index contributed by atoms with van der Waals surface area (Å²) in [7, 11) is 0. The molecule has 12 aromatic rings. The molecule has 0 amide bonds. The zero-order valence-corrected chi connectivity index (χ0v) is 45.2. The fourth-order valence-corrected chi connectivity index (χ4v) is 11.5. The van der Waals surface area contributed by atoms with Crippen molar-refractivity contribution in [2.24, 2.45) is 0 Å². The molecule has 0 atom stereocenters. The third kappa shape index (κ3) is 8.37. The van der Waals surface area contributed by atoms with Crippen LogP contribution in [0.25, 0.3) is 93.2 Å². The topological polar surface area (TPSA) is 35.2 Å². The number of hydrogen-bond donors (Lipinski definition) is 0. The summed E-state index contributed by atoms with van der Waals surface area (Å²) in [5.41, 5.74) is 11.4. The lowest BCUT2D eigenvalue weighted by atomic mass is 9.83. The molecule has 0 fully saturated rings.